The lowest BCUT2D eigenvalue weighted by molar-refractivity contribution is -0.384. The van der Waals surface area contributed by atoms with Gasteiger partial charge in [-0.25, -0.2) is 0 Å². The Kier molecular flexibility index (Phi) is 5.38. The molecular formula is C16H15ClN4O4S. The molecule has 1 amide bonds. The van der Waals surface area contributed by atoms with E-state index in [4.69, 9.17) is 28.2 Å². The average molecular weight is 395 g/mol. The standard InChI is InChI=1S/C16H15ClN4O4S/c17-11-3-1-4-12(21(23)24)14(11)19-6-8-20(9-7-19)16(26)18-15(22)13-5-2-10-25-13/h1-5,10H,6-9H2,(H,18,22,26). The summed E-state index contributed by atoms with van der Waals surface area (Å²) >= 11 is 11.5. The predicted octanol–water partition coefficient (Wildman–Crippen LogP) is 2.68. The van der Waals surface area contributed by atoms with Gasteiger partial charge in [-0.2, -0.15) is 0 Å². The predicted molar refractivity (Wildman–Crippen MR) is 101 cm³/mol. The van der Waals surface area contributed by atoms with Gasteiger partial charge in [0, 0.05) is 32.2 Å². The number of piperazine rings is 1. The maximum absolute atomic E-state index is 12.0. The first-order chi connectivity index (χ1) is 12.5. The molecule has 0 radical (unpaired) electrons. The second-order valence-electron chi connectivity index (χ2n) is 5.58. The third-order valence-corrected chi connectivity index (χ3v) is 4.68. The summed E-state index contributed by atoms with van der Waals surface area (Å²) in [6.45, 7) is 1.97. The fraction of sp³-hybridized carbons (Fsp3) is 0.250. The van der Waals surface area contributed by atoms with Crippen LogP contribution in [0.25, 0.3) is 0 Å². The smallest absolute Gasteiger partial charge is 0.294 e. The van der Waals surface area contributed by atoms with E-state index in [0.717, 1.165) is 0 Å². The Morgan fingerprint density at radius 3 is 2.58 bits per heavy atom. The summed E-state index contributed by atoms with van der Waals surface area (Å²) in [5, 5.41) is 14.5. The minimum Gasteiger partial charge on any atom is -0.459 e. The highest BCUT2D eigenvalue weighted by molar-refractivity contribution is 7.80. The van der Waals surface area contributed by atoms with Crippen LogP contribution in [-0.4, -0.2) is 47.0 Å². The number of carbonyl (C=O) groups is 1. The molecule has 2 heterocycles. The van der Waals surface area contributed by atoms with Gasteiger partial charge in [0.1, 0.15) is 5.69 Å². The molecule has 10 heteroatoms. The first-order valence-corrected chi connectivity index (χ1v) is 8.57. The molecule has 0 unspecified atom stereocenters. The Morgan fingerprint density at radius 2 is 1.96 bits per heavy atom. The molecule has 0 aliphatic carbocycles. The van der Waals surface area contributed by atoms with Crippen molar-refractivity contribution in [2.45, 2.75) is 0 Å². The molecule has 1 fully saturated rings. The Hall–Kier alpha value is -2.65. The average Bonchev–Trinajstić information content (AvgIpc) is 3.16. The molecule has 1 aliphatic heterocycles. The van der Waals surface area contributed by atoms with Crippen molar-refractivity contribution >= 4 is 46.2 Å². The van der Waals surface area contributed by atoms with Gasteiger partial charge in [0.2, 0.25) is 0 Å². The highest BCUT2D eigenvalue weighted by atomic mass is 35.5. The van der Waals surface area contributed by atoms with Crippen LogP contribution in [0.2, 0.25) is 5.02 Å². The van der Waals surface area contributed by atoms with E-state index in [1.54, 1.807) is 24.3 Å². The number of hydrogen-bond donors (Lipinski definition) is 1. The van der Waals surface area contributed by atoms with Crippen LogP contribution in [0.5, 0.6) is 0 Å². The van der Waals surface area contributed by atoms with E-state index in [1.807, 2.05) is 9.80 Å². The lowest BCUT2D eigenvalue weighted by atomic mass is 10.2. The maximum Gasteiger partial charge on any atom is 0.294 e. The third-order valence-electron chi connectivity index (χ3n) is 4.01. The number of hydrogen-bond acceptors (Lipinski definition) is 6. The van der Waals surface area contributed by atoms with E-state index < -0.39 is 10.8 Å². The minimum absolute atomic E-state index is 0.0281. The zero-order chi connectivity index (χ0) is 18.7. The van der Waals surface area contributed by atoms with Crippen LogP contribution in [0.15, 0.2) is 41.0 Å². The number of amides is 1. The molecule has 26 heavy (non-hydrogen) atoms. The molecule has 0 atom stereocenters. The molecule has 1 aromatic heterocycles. The van der Waals surface area contributed by atoms with Gasteiger partial charge in [0.25, 0.3) is 11.6 Å². The number of rotatable bonds is 3. The van der Waals surface area contributed by atoms with Crippen LogP contribution in [0, 0.1) is 10.1 Å². The Balaban J connectivity index is 1.64. The zero-order valence-corrected chi connectivity index (χ0v) is 15.1. The lowest BCUT2D eigenvalue weighted by Crippen LogP contribution is -2.52. The van der Waals surface area contributed by atoms with E-state index in [2.05, 4.69) is 5.32 Å². The molecule has 0 saturated carbocycles. The van der Waals surface area contributed by atoms with Gasteiger partial charge in [-0.15, -0.1) is 0 Å². The van der Waals surface area contributed by atoms with Crippen LogP contribution in [0.4, 0.5) is 11.4 Å². The summed E-state index contributed by atoms with van der Waals surface area (Å²) in [6.07, 6.45) is 1.41. The summed E-state index contributed by atoms with van der Waals surface area (Å²) in [5.74, 6) is -0.234. The van der Waals surface area contributed by atoms with Crippen molar-refractivity contribution in [3.8, 4) is 0 Å². The van der Waals surface area contributed by atoms with E-state index >= 15 is 0 Å². The normalized spacial score (nSPS) is 14.2. The van der Waals surface area contributed by atoms with Gasteiger partial charge in [-0.05, 0) is 30.4 Å². The second-order valence-corrected chi connectivity index (χ2v) is 6.37. The summed E-state index contributed by atoms with van der Waals surface area (Å²) in [4.78, 5) is 26.5. The number of anilines is 1. The van der Waals surface area contributed by atoms with Crippen molar-refractivity contribution in [2.75, 3.05) is 31.1 Å². The van der Waals surface area contributed by atoms with Gasteiger partial charge in [-0.3, -0.25) is 20.2 Å². The van der Waals surface area contributed by atoms with Crippen molar-refractivity contribution in [3.63, 3.8) is 0 Å². The number of halogens is 1. The number of nitrogens with one attached hydrogen (secondary N) is 1. The van der Waals surface area contributed by atoms with Crippen molar-refractivity contribution in [2.24, 2.45) is 0 Å². The van der Waals surface area contributed by atoms with Gasteiger partial charge in [0.05, 0.1) is 16.2 Å². The van der Waals surface area contributed by atoms with E-state index in [0.29, 0.717) is 42.0 Å². The van der Waals surface area contributed by atoms with Crippen LogP contribution in [0.3, 0.4) is 0 Å². The molecule has 0 bridgehead atoms. The second kappa shape index (κ2) is 7.71. The molecule has 8 nitrogen and oxygen atoms in total. The third kappa shape index (κ3) is 3.78. The number of benzene rings is 1. The molecular weight excluding hydrogens is 380 g/mol. The van der Waals surface area contributed by atoms with Crippen molar-refractivity contribution < 1.29 is 14.1 Å². The quantitative estimate of drug-likeness (QED) is 0.486. The molecule has 136 valence electrons. The van der Waals surface area contributed by atoms with Crippen molar-refractivity contribution in [1.29, 1.82) is 0 Å². The number of carbonyl (C=O) groups excluding carboxylic acids is 1. The summed E-state index contributed by atoms with van der Waals surface area (Å²) in [5.41, 5.74) is 0.379. The number of para-hydroxylation sites is 1. The number of nitrogens with zero attached hydrogens (tertiary/aromatic N) is 3. The van der Waals surface area contributed by atoms with Gasteiger partial charge in [-0.1, -0.05) is 17.7 Å². The van der Waals surface area contributed by atoms with Gasteiger partial charge < -0.3 is 14.2 Å². The first-order valence-electron chi connectivity index (χ1n) is 7.79. The molecule has 2 aromatic rings. The number of nitro groups is 1. The molecule has 1 aromatic carbocycles. The van der Waals surface area contributed by atoms with Crippen LogP contribution < -0.4 is 10.2 Å². The summed E-state index contributed by atoms with van der Waals surface area (Å²) < 4.78 is 5.03. The van der Waals surface area contributed by atoms with Gasteiger partial charge in [0.15, 0.2) is 10.9 Å². The van der Waals surface area contributed by atoms with E-state index in [9.17, 15) is 14.9 Å². The summed E-state index contributed by atoms with van der Waals surface area (Å²) in [7, 11) is 0. The summed E-state index contributed by atoms with van der Waals surface area (Å²) in [6, 6.07) is 7.78. The molecule has 1 aliphatic rings. The van der Waals surface area contributed by atoms with E-state index in [1.165, 1.54) is 12.3 Å². The largest absolute Gasteiger partial charge is 0.459 e. The minimum atomic E-state index is -0.443. The number of furan rings is 1. The Morgan fingerprint density at radius 1 is 1.23 bits per heavy atom. The van der Waals surface area contributed by atoms with Crippen LogP contribution in [0.1, 0.15) is 10.6 Å². The Labute approximate surface area is 159 Å². The topological polar surface area (TPSA) is 91.9 Å². The Bertz CT molecular complexity index is 835. The molecule has 0 spiro atoms. The van der Waals surface area contributed by atoms with Crippen molar-refractivity contribution in [3.05, 3.63) is 57.5 Å². The fourth-order valence-corrected chi connectivity index (χ4v) is 3.31. The van der Waals surface area contributed by atoms with Crippen molar-refractivity contribution in [1.82, 2.24) is 10.2 Å². The number of nitro benzene ring substituents is 1. The molecule has 1 N–H and O–H groups in total. The number of thiocarbonyl (C=S) groups is 1. The fourth-order valence-electron chi connectivity index (χ4n) is 2.74. The van der Waals surface area contributed by atoms with Crippen LogP contribution >= 0.6 is 23.8 Å². The first kappa shape index (κ1) is 18.2. The lowest BCUT2D eigenvalue weighted by Gasteiger charge is -2.37. The monoisotopic (exact) mass is 394 g/mol. The zero-order valence-electron chi connectivity index (χ0n) is 13.6. The van der Waals surface area contributed by atoms with Gasteiger partial charge >= 0.3 is 0 Å². The molecule has 1 saturated heterocycles. The SMILES string of the molecule is O=C(NC(=S)N1CCN(c2c(Cl)cccc2[N+](=O)[O-])CC1)c1ccco1. The highest BCUT2D eigenvalue weighted by Crippen LogP contribution is 2.35. The van der Waals surface area contributed by atoms with E-state index in [-0.39, 0.29) is 11.4 Å². The molecule has 3 rings (SSSR count). The van der Waals surface area contributed by atoms with Crippen LogP contribution in [-0.2, 0) is 0 Å². The maximum atomic E-state index is 12.0. The highest BCUT2D eigenvalue weighted by Gasteiger charge is 2.27.